The van der Waals surface area contributed by atoms with E-state index < -0.39 is 11.4 Å². The van der Waals surface area contributed by atoms with Crippen LogP contribution < -0.4 is 0 Å². The summed E-state index contributed by atoms with van der Waals surface area (Å²) in [5.41, 5.74) is 0.401. The van der Waals surface area contributed by atoms with E-state index in [0.29, 0.717) is 12.3 Å². The van der Waals surface area contributed by atoms with E-state index in [4.69, 9.17) is 0 Å². The van der Waals surface area contributed by atoms with Gasteiger partial charge in [-0.2, -0.15) is 5.10 Å². The monoisotopic (exact) mass is 208 g/mol. The minimum atomic E-state index is -0.686. The second-order valence-corrected chi connectivity index (χ2v) is 4.70. The van der Waals surface area contributed by atoms with E-state index in [0.717, 1.165) is 18.4 Å². The third-order valence-electron chi connectivity index (χ3n) is 3.30. The van der Waals surface area contributed by atoms with Crippen molar-refractivity contribution in [1.29, 1.82) is 0 Å². The van der Waals surface area contributed by atoms with Crippen LogP contribution in [0.4, 0.5) is 0 Å². The molecule has 1 fully saturated rings. The summed E-state index contributed by atoms with van der Waals surface area (Å²) < 4.78 is 1.71. The van der Waals surface area contributed by atoms with Gasteiger partial charge in [0.1, 0.15) is 0 Å². The molecule has 15 heavy (non-hydrogen) atoms. The van der Waals surface area contributed by atoms with E-state index in [1.54, 1.807) is 10.9 Å². The zero-order valence-electron chi connectivity index (χ0n) is 9.10. The fraction of sp³-hybridized carbons (Fsp3) is 0.636. The van der Waals surface area contributed by atoms with Gasteiger partial charge in [0.15, 0.2) is 0 Å². The molecule has 0 saturated heterocycles. The van der Waals surface area contributed by atoms with Gasteiger partial charge in [0.05, 0.1) is 11.6 Å². The van der Waals surface area contributed by atoms with Gasteiger partial charge in [0, 0.05) is 13.2 Å². The summed E-state index contributed by atoms with van der Waals surface area (Å²) in [6.45, 7) is 1.85. The van der Waals surface area contributed by atoms with Gasteiger partial charge in [-0.15, -0.1) is 0 Å². The van der Waals surface area contributed by atoms with Crippen LogP contribution >= 0.6 is 0 Å². The Morgan fingerprint density at radius 1 is 1.73 bits per heavy atom. The first kappa shape index (κ1) is 10.2. The quantitative estimate of drug-likeness (QED) is 0.815. The highest BCUT2D eigenvalue weighted by atomic mass is 16.4. The van der Waals surface area contributed by atoms with E-state index in [1.807, 2.05) is 20.2 Å². The van der Waals surface area contributed by atoms with E-state index in [-0.39, 0.29) is 0 Å². The highest BCUT2D eigenvalue weighted by Gasteiger charge is 2.47. The zero-order chi connectivity index (χ0) is 11.1. The lowest BCUT2D eigenvalue weighted by Crippen LogP contribution is -2.32. The fourth-order valence-electron chi connectivity index (χ4n) is 2.10. The highest BCUT2D eigenvalue weighted by molar-refractivity contribution is 5.75. The number of carboxylic acid groups (broad SMARTS) is 1. The van der Waals surface area contributed by atoms with Crippen molar-refractivity contribution in [3.05, 3.63) is 18.0 Å². The highest BCUT2D eigenvalue weighted by Crippen LogP contribution is 2.47. The summed E-state index contributed by atoms with van der Waals surface area (Å²) in [6.07, 6.45) is 6.32. The molecule has 1 saturated carbocycles. The van der Waals surface area contributed by atoms with Gasteiger partial charge in [0.25, 0.3) is 0 Å². The Morgan fingerprint density at radius 3 is 2.80 bits per heavy atom. The Kier molecular flexibility index (Phi) is 2.29. The lowest BCUT2D eigenvalue weighted by Gasteiger charge is -2.23. The molecule has 0 radical (unpaired) electrons. The summed E-state index contributed by atoms with van der Waals surface area (Å²) in [7, 11) is 1.85. The molecular formula is C11H16N2O2. The van der Waals surface area contributed by atoms with E-state index in [2.05, 4.69) is 5.10 Å². The van der Waals surface area contributed by atoms with E-state index >= 15 is 0 Å². The molecule has 1 heterocycles. The van der Waals surface area contributed by atoms with Gasteiger partial charge in [-0.1, -0.05) is 0 Å². The van der Waals surface area contributed by atoms with Crippen LogP contribution in [0.2, 0.25) is 0 Å². The number of carbonyl (C=O) groups is 1. The maximum Gasteiger partial charge on any atom is 0.309 e. The number of hydrogen-bond donors (Lipinski definition) is 1. The SMILES string of the molecule is Cn1cc(CC(C)(C(=O)O)C2CC2)cn1. The summed E-state index contributed by atoms with van der Waals surface area (Å²) in [6, 6.07) is 0. The van der Waals surface area contributed by atoms with E-state index in [1.165, 1.54) is 0 Å². The number of hydrogen-bond acceptors (Lipinski definition) is 2. The molecule has 1 unspecified atom stereocenters. The second kappa shape index (κ2) is 3.36. The van der Waals surface area contributed by atoms with Crippen LogP contribution in [-0.4, -0.2) is 20.9 Å². The second-order valence-electron chi connectivity index (χ2n) is 4.70. The number of aliphatic carboxylic acids is 1. The Bertz CT molecular complexity index is 382. The van der Waals surface area contributed by atoms with Crippen LogP contribution in [0, 0.1) is 11.3 Å². The average molecular weight is 208 g/mol. The molecule has 1 aromatic heterocycles. The molecule has 0 aliphatic heterocycles. The van der Waals surface area contributed by atoms with Gasteiger partial charge in [-0.3, -0.25) is 9.48 Å². The summed E-state index contributed by atoms with van der Waals surface area (Å²) in [4.78, 5) is 11.3. The number of aryl methyl sites for hydroxylation is 1. The van der Waals surface area contributed by atoms with Gasteiger partial charge < -0.3 is 5.11 Å². The van der Waals surface area contributed by atoms with Crippen LogP contribution in [0.15, 0.2) is 12.4 Å². The third-order valence-corrected chi connectivity index (χ3v) is 3.30. The zero-order valence-corrected chi connectivity index (χ0v) is 9.10. The summed E-state index contributed by atoms with van der Waals surface area (Å²) >= 11 is 0. The molecule has 1 N–H and O–H groups in total. The molecule has 1 aliphatic rings. The standard InChI is InChI=1S/C11H16N2O2/c1-11(10(14)15,9-3-4-9)5-8-6-12-13(2)7-8/h6-7,9H,3-5H2,1-2H3,(H,14,15). The Morgan fingerprint density at radius 2 is 2.40 bits per heavy atom. The molecule has 82 valence electrons. The Hall–Kier alpha value is -1.32. The van der Waals surface area contributed by atoms with Crippen molar-refractivity contribution < 1.29 is 9.90 Å². The number of nitrogens with zero attached hydrogens (tertiary/aromatic N) is 2. The largest absolute Gasteiger partial charge is 0.481 e. The van der Waals surface area contributed by atoms with Crippen LogP contribution in [0.5, 0.6) is 0 Å². The lowest BCUT2D eigenvalue weighted by molar-refractivity contribution is -0.149. The minimum Gasteiger partial charge on any atom is -0.481 e. The first-order valence-electron chi connectivity index (χ1n) is 5.23. The molecule has 2 rings (SSSR count). The molecule has 0 spiro atoms. The van der Waals surface area contributed by atoms with Gasteiger partial charge in [-0.25, -0.2) is 0 Å². The van der Waals surface area contributed by atoms with Crippen molar-refractivity contribution in [3.63, 3.8) is 0 Å². The topological polar surface area (TPSA) is 55.1 Å². The molecule has 4 nitrogen and oxygen atoms in total. The van der Waals surface area contributed by atoms with Gasteiger partial charge in [-0.05, 0) is 37.7 Å². The molecule has 1 atom stereocenters. The first-order chi connectivity index (χ1) is 7.02. The molecule has 4 heteroatoms. The Labute approximate surface area is 88.9 Å². The smallest absolute Gasteiger partial charge is 0.309 e. The van der Waals surface area contributed by atoms with Gasteiger partial charge >= 0.3 is 5.97 Å². The predicted octanol–water partition coefficient (Wildman–Crippen LogP) is 1.46. The van der Waals surface area contributed by atoms with Crippen LogP contribution in [0.25, 0.3) is 0 Å². The van der Waals surface area contributed by atoms with Crippen molar-refractivity contribution in [2.75, 3.05) is 0 Å². The molecule has 0 aromatic carbocycles. The van der Waals surface area contributed by atoms with Crippen LogP contribution in [0.1, 0.15) is 25.3 Å². The van der Waals surface area contributed by atoms with Crippen LogP contribution in [-0.2, 0) is 18.3 Å². The third kappa shape index (κ3) is 1.89. The van der Waals surface area contributed by atoms with Crippen molar-refractivity contribution in [3.8, 4) is 0 Å². The number of carboxylic acids is 1. The summed E-state index contributed by atoms with van der Waals surface area (Å²) in [5, 5.41) is 13.3. The number of rotatable bonds is 4. The normalized spacial score (nSPS) is 19.9. The average Bonchev–Trinajstić information content (AvgIpc) is 2.92. The van der Waals surface area contributed by atoms with E-state index in [9.17, 15) is 9.90 Å². The molecular weight excluding hydrogens is 192 g/mol. The summed E-state index contributed by atoms with van der Waals surface area (Å²) in [5.74, 6) is -0.343. The molecule has 1 aromatic rings. The first-order valence-corrected chi connectivity index (χ1v) is 5.23. The fourth-order valence-corrected chi connectivity index (χ4v) is 2.10. The Balaban J connectivity index is 2.16. The molecule has 1 aliphatic carbocycles. The minimum absolute atomic E-state index is 0.343. The molecule has 0 bridgehead atoms. The van der Waals surface area contributed by atoms with Gasteiger partial charge in [0.2, 0.25) is 0 Å². The van der Waals surface area contributed by atoms with Crippen molar-refractivity contribution in [2.24, 2.45) is 18.4 Å². The van der Waals surface area contributed by atoms with Crippen molar-refractivity contribution >= 4 is 5.97 Å². The lowest BCUT2D eigenvalue weighted by atomic mass is 9.80. The van der Waals surface area contributed by atoms with Crippen LogP contribution in [0.3, 0.4) is 0 Å². The predicted molar refractivity (Wildman–Crippen MR) is 55.4 cm³/mol. The maximum absolute atomic E-state index is 11.3. The van der Waals surface area contributed by atoms with Crippen molar-refractivity contribution in [1.82, 2.24) is 9.78 Å². The maximum atomic E-state index is 11.3. The molecule has 0 amide bonds. The number of aromatic nitrogens is 2. The van der Waals surface area contributed by atoms with Crippen molar-refractivity contribution in [2.45, 2.75) is 26.2 Å².